The van der Waals surface area contributed by atoms with Crippen LogP contribution in [-0.4, -0.2) is 75.1 Å². The quantitative estimate of drug-likeness (QED) is 0.131. The van der Waals surface area contributed by atoms with Gasteiger partial charge >= 0.3 is 110 Å². The van der Waals surface area contributed by atoms with Gasteiger partial charge < -0.3 is 52.4 Å². The Morgan fingerprint density at radius 2 is 0.971 bits per heavy atom. The average Bonchev–Trinajstić information content (AvgIpc) is 3.28. The number of quaternary nitrogens is 2. The molecule has 0 aromatic rings. The summed E-state index contributed by atoms with van der Waals surface area (Å²) in [5.41, 5.74) is 0. The van der Waals surface area contributed by atoms with E-state index in [1.807, 2.05) is 0 Å². The Kier molecular flexibility index (Phi) is 53.2. The second-order valence-electron chi connectivity index (χ2n) is 8.35. The molecule has 0 aromatic carbocycles. The molecule has 196 valence electrons. The molecular formula is C20H42BCl2F5K2N3O+. The van der Waals surface area contributed by atoms with Crippen LogP contribution in [0, 0.1) is 17.9 Å². The number of nitriles is 1. The van der Waals surface area contributed by atoms with E-state index in [0.717, 1.165) is 0 Å². The number of rotatable bonds is 6. The molecule has 34 heavy (non-hydrogen) atoms. The van der Waals surface area contributed by atoms with Crippen molar-refractivity contribution < 1.29 is 164 Å². The van der Waals surface area contributed by atoms with Gasteiger partial charge in [0.05, 0.1) is 59.3 Å². The summed E-state index contributed by atoms with van der Waals surface area (Å²) in [5.74, 6) is 0.694. The summed E-state index contributed by atoms with van der Waals surface area (Å²) in [7, 11) is 2.00. The minimum absolute atomic E-state index is 0. The number of halogens is 7. The Morgan fingerprint density at radius 3 is 1.12 bits per heavy atom. The maximum absolute atomic E-state index is 10.4. The van der Waals surface area contributed by atoms with Gasteiger partial charge in [-0.1, -0.05) is 26.7 Å². The molecule has 0 amide bonds. The van der Waals surface area contributed by atoms with Gasteiger partial charge in [0.25, 0.3) is 0 Å². The van der Waals surface area contributed by atoms with Gasteiger partial charge in [0.15, 0.2) is 6.68 Å². The van der Waals surface area contributed by atoms with Crippen LogP contribution in [0.3, 0.4) is 0 Å². The minimum Gasteiger partial charge on any atom is -1.00 e. The van der Waals surface area contributed by atoms with E-state index in [1.54, 1.807) is 0 Å². The molecule has 0 saturated carbocycles. The third-order valence-corrected chi connectivity index (χ3v) is 5.49. The molecule has 0 spiro atoms. The SMILES string of the molecule is CCCC[N+]1(C)CCCC1.CCCC[N+]1(C)CCCC1.F[C-](F)F.N#CB(F)F.O.[Cl-].[Cl-].[K+].[K+]. The molecule has 0 aromatic heterocycles. The molecule has 2 fully saturated rings. The number of unbranched alkanes of at least 4 members (excludes halogenated alkanes) is 2. The van der Waals surface area contributed by atoms with Crippen molar-refractivity contribution in [1.29, 1.82) is 5.26 Å². The Morgan fingerprint density at radius 1 is 0.765 bits per heavy atom. The molecule has 0 atom stereocenters. The number of nitrogens with zero attached hydrogens (tertiary/aromatic N) is 3. The Hall–Kier alpha value is 2.94. The van der Waals surface area contributed by atoms with Crippen LogP contribution >= 0.6 is 0 Å². The van der Waals surface area contributed by atoms with E-state index in [-0.39, 0.29) is 133 Å². The molecule has 2 saturated heterocycles. The first-order chi connectivity index (χ1) is 13.5. The van der Waals surface area contributed by atoms with Crippen molar-refractivity contribution in [3.05, 3.63) is 6.68 Å². The van der Waals surface area contributed by atoms with Gasteiger partial charge in [-0.3, -0.25) is 8.63 Å². The van der Waals surface area contributed by atoms with E-state index in [4.69, 9.17) is 5.26 Å². The summed E-state index contributed by atoms with van der Waals surface area (Å²) >= 11 is 0. The topological polar surface area (TPSA) is 55.3 Å². The molecular weight excluding hydrogens is 553 g/mol. The number of hydrogen-bond donors (Lipinski definition) is 0. The first-order valence-corrected chi connectivity index (χ1v) is 10.7. The van der Waals surface area contributed by atoms with Crippen LogP contribution in [0.1, 0.15) is 65.2 Å². The largest absolute Gasteiger partial charge is 1.00 e. The third kappa shape index (κ3) is 37.1. The van der Waals surface area contributed by atoms with E-state index in [2.05, 4.69) is 27.9 Å². The Labute approximate surface area is 302 Å². The summed E-state index contributed by atoms with van der Waals surface area (Å²) in [4.78, 5) is 0. The van der Waals surface area contributed by atoms with Gasteiger partial charge in [-0.15, -0.1) is 0 Å². The van der Waals surface area contributed by atoms with Gasteiger partial charge in [0.2, 0.25) is 0 Å². The van der Waals surface area contributed by atoms with Gasteiger partial charge in [0, 0.05) is 25.7 Å². The second kappa shape index (κ2) is 34.0. The number of likely N-dealkylation sites (tertiary alicyclic amines) is 2. The van der Waals surface area contributed by atoms with Crippen molar-refractivity contribution in [1.82, 2.24) is 0 Å². The van der Waals surface area contributed by atoms with Crippen molar-refractivity contribution in [2.45, 2.75) is 65.2 Å². The predicted octanol–water partition coefficient (Wildman–Crippen LogP) is -6.94. The molecule has 0 bridgehead atoms. The first kappa shape index (κ1) is 53.2. The zero-order chi connectivity index (χ0) is 22.8. The van der Waals surface area contributed by atoms with E-state index in [0.29, 0.717) is 5.97 Å². The van der Waals surface area contributed by atoms with E-state index in [1.165, 1.54) is 99.6 Å². The monoisotopic (exact) mass is 594 g/mol. The Balaban J connectivity index is -0.0000000578. The van der Waals surface area contributed by atoms with Crippen LogP contribution in [0.2, 0.25) is 0 Å². The first-order valence-electron chi connectivity index (χ1n) is 10.7. The summed E-state index contributed by atoms with van der Waals surface area (Å²) in [6.45, 7) is 10.0. The number of hydrogen-bond acceptors (Lipinski definition) is 1. The van der Waals surface area contributed by atoms with Crippen LogP contribution < -0.4 is 128 Å². The maximum atomic E-state index is 10.4. The molecule has 2 aliphatic heterocycles. The molecule has 0 aliphatic carbocycles. The summed E-state index contributed by atoms with van der Waals surface area (Å²) < 4.78 is 52.3. The van der Waals surface area contributed by atoms with Gasteiger partial charge in [-0.05, 0) is 12.8 Å². The Bertz CT molecular complexity index is 407. The van der Waals surface area contributed by atoms with Gasteiger partial charge in [-0.25, -0.2) is 5.26 Å². The molecule has 2 rings (SSSR count). The van der Waals surface area contributed by atoms with Crippen LogP contribution in [0.5, 0.6) is 0 Å². The molecule has 4 nitrogen and oxygen atoms in total. The fourth-order valence-corrected chi connectivity index (χ4v) is 3.72. The molecule has 0 radical (unpaired) electrons. The summed E-state index contributed by atoms with van der Waals surface area (Å²) in [6, 6.07) is 0. The predicted molar refractivity (Wildman–Crippen MR) is 114 cm³/mol. The molecule has 0 unspecified atom stereocenters. The van der Waals surface area contributed by atoms with E-state index in [9.17, 15) is 21.8 Å². The third-order valence-electron chi connectivity index (χ3n) is 5.49. The van der Waals surface area contributed by atoms with Crippen LogP contribution in [0.25, 0.3) is 0 Å². The molecule has 2 heterocycles. The standard InChI is InChI=1S/2C9H20N.CBF2N.CF3.2ClH.2K.H2O/c2*1-3-4-7-10(2)8-5-6-9-10;3-2(4)1-5;2-1(3)4;;;;;/h2*3-9H2,1-2H3;;;2*1H;;;1H2/q2*+1;;-1;;;2*+1;/p-2. The second-order valence-corrected chi connectivity index (χ2v) is 8.35. The van der Waals surface area contributed by atoms with Gasteiger partial charge in [0.1, 0.15) is 0 Å². The van der Waals surface area contributed by atoms with Crippen molar-refractivity contribution in [3.8, 4) is 5.97 Å². The molecule has 2 N–H and O–H groups in total. The van der Waals surface area contributed by atoms with Gasteiger partial charge in [-0.2, -0.15) is 0 Å². The van der Waals surface area contributed by atoms with E-state index < -0.39 is 13.9 Å². The van der Waals surface area contributed by atoms with Crippen LogP contribution in [-0.2, 0) is 0 Å². The zero-order valence-electron chi connectivity index (χ0n) is 22.0. The smallest absolute Gasteiger partial charge is 1.00 e. The van der Waals surface area contributed by atoms with Crippen molar-refractivity contribution in [2.75, 3.05) is 53.4 Å². The maximum Gasteiger partial charge on any atom is 1.00 e. The zero-order valence-corrected chi connectivity index (χ0v) is 29.7. The van der Waals surface area contributed by atoms with Crippen molar-refractivity contribution >= 4 is 7.27 Å². The fourth-order valence-electron chi connectivity index (χ4n) is 3.72. The van der Waals surface area contributed by atoms with Crippen molar-refractivity contribution in [3.63, 3.8) is 0 Å². The van der Waals surface area contributed by atoms with E-state index >= 15 is 0 Å². The van der Waals surface area contributed by atoms with Crippen LogP contribution in [0.15, 0.2) is 0 Å². The normalized spacial score (nSPS) is 15.7. The molecule has 14 heteroatoms. The van der Waals surface area contributed by atoms with Crippen molar-refractivity contribution in [2.24, 2.45) is 0 Å². The summed E-state index contributed by atoms with van der Waals surface area (Å²) in [6.07, 6.45) is 11.4. The minimum atomic E-state index is -3.08. The molecule has 2 aliphatic rings. The summed E-state index contributed by atoms with van der Waals surface area (Å²) in [5, 5.41) is 7.14. The average molecular weight is 595 g/mol. The fraction of sp³-hybridized carbons (Fsp3) is 0.900. The van der Waals surface area contributed by atoms with Crippen LogP contribution in [0.4, 0.5) is 21.8 Å².